The summed E-state index contributed by atoms with van der Waals surface area (Å²) in [7, 11) is 1.56. The summed E-state index contributed by atoms with van der Waals surface area (Å²) in [6.07, 6.45) is -0.196. The molecule has 0 fully saturated rings. The van der Waals surface area contributed by atoms with E-state index in [-0.39, 0.29) is 11.9 Å². The molecule has 1 rings (SSSR count). The molecule has 0 aliphatic heterocycles. The Morgan fingerprint density at radius 2 is 2.17 bits per heavy atom. The first kappa shape index (κ1) is 9.68. The molecule has 0 spiro atoms. The topological polar surface area (TPSA) is 9.23 Å². The molecule has 0 aliphatic rings. The Bertz CT molecular complexity index is 275. The summed E-state index contributed by atoms with van der Waals surface area (Å²) in [6.45, 7) is 1.81. The van der Waals surface area contributed by atoms with Crippen LogP contribution >= 0.6 is 15.9 Å². The van der Waals surface area contributed by atoms with Crippen molar-refractivity contribution in [3.8, 4) is 0 Å². The van der Waals surface area contributed by atoms with Crippen molar-refractivity contribution in [2.75, 3.05) is 7.11 Å². The van der Waals surface area contributed by atoms with Gasteiger partial charge in [-0.3, -0.25) is 0 Å². The molecule has 0 saturated heterocycles. The van der Waals surface area contributed by atoms with Gasteiger partial charge >= 0.3 is 0 Å². The van der Waals surface area contributed by atoms with Crippen molar-refractivity contribution in [2.45, 2.75) is 13.0 Å². The second-order valence-corrected chi connectivity index (χ2v) is 3.46. The van der Waals surface area contributed by atoms with Gasteiger partial charge in [-0.2, -0.15) is 0 Å². The van der Waals surface area contributed by atoms with Crippen LogP contribution in [0.3, 0.4) is 0 Å². The molecule has 0 aliphatic carbocycles. The van der Waals surface area contributed by atoms with Gasteiger partial charge in [-0.05, 0) is 19.1 Å². The van der Waals surface area contributed by atoms with Crippen LogP contribution in [0, 0.1) is 5.82 Å². The molecule has 1 unspecified atom stereocenters. The number of halogens is 2. The van der Waals surface area contributed by atoms with E-state index in [0.29, 0.717) is 5.56 Å². The van der Waals surface area contributed by atoms with Crippen LogP contribution in [0.1, 0.15) is 18.6 Å². The summed E-state index contributed by atoms with van der Waals surface area (Å²) < 4.78 is 18.9. The van der Waals surface area contributed by atoms with E-state index in [4.69, 9.17) is 4.74 Å². The van der Waals surface area contributed by atoms with Crippen molar-refractivity contribution in [2.24, 2.45) is 0 Å². The molecule has 0 saturated carbocycles. The summed E-state index contributed by atoms with van der Waals surface area (Å²) in [5.74, 6) is -0.237. The molecule has 0 heterocycles. The van der Waals surface area contributed by atoms with E-state index in [9.17, 15) is 4.39 Å². The summed E-state index contributed by atoms with van der Waals surface area (Å²) in [6, 6.07) is 4.95. The number of benzene rings is 1. The standard InChI is InChI=1S/C9H10BrFO/c1-6(12-2)8-4-3-7(10)5-9(8)11/h3-6H,1-2H3. The van der Waals surface area contributed by atoms with Crippen molar-refractivity contribution in [3.05, 3.63) is 34.1 Å². The van der Waals surface area contributed by atoms with E-state index in [0.717, 1.165) is 4.47 Å². The van der Waals surface area contributed by atoms with Gasteiger partial charge in [0.25, 0.3) is 0 Å². The average Bonchev–Trinajstić information content (AvgIpc) is 2.03. The molecule has 1 aromatic carbocycles. The lowest BCUT2D eigenvalue weighted by Crippen LogP contribution is -1.98. The summed E-state index contributed by atoms with van der Waals surface area (Å²) in [5, 5.41) is 0. The van der Waals surface area contributed by atoms with Gasteiger partial charge in [0.05, 0.1) is 6.10 Å². The molecule has 12 heavy (non-hydrogen) atoms. The van der Waals surface area contributed by atoms with Gasteiger partial charge in [-0.15, -0.1) is 0 Å². The zero-order valence-corrected chi connectivity index (χ0v) is 8.56. The minimum atomic E-state index is -0.237. The van der Waals surface area contributed by atoms with Crippen LogP contribution in [0.5, 0.6) is 0 Å². The monoisotopic (exact) mass is 232 g/mol. The Morgan fingerprint density at radius 3 is 2.67 bits per heavy atom. The van der Waals surface area contributed by atoms with Gasteiger partial charge in [0.1, 0.15) is 5.82 Å². The molecule has 3 heteroatoms. The highest BCUT2D eigenvalue weighted by molar-refractivity contribution is 9.10. The Hall–Kier alpha value is -0.410. The van der Waals surface area contributed by atoms with Crippen LogP contribution in [-0.2, 0) is 4.74 Å². The lowest BCUT2D eigenvalue weighted by Gasteiger charge is -2.10. The molecule has 0 bridgehead atoms. The Kier molecular flexibility index (Phi) is 3.23. The highest BCUT2D eigenvalue weighted by Gasteiger charge is 2.09. The Morgan fingerprint density at radius 1 is 1.50 bits per heavy atom. The third-order valence-electron chi connectivity index (χ3n) is 1.75. The molecule has 66 valence electrons. The number of methoxy groups -OCH3 is 1. The van der Waals surface area contributed by atoms with Gasteiger partial charge in [0, 0.05) is 17.1 Å². The molecule has 1 nitrogen and oxygen atoms in total. The van der Waals surface area contributed by atoms with Crippen LogP contribution in [0.2, 0.25) is 0 Å². The second-order valence-electron chi connectivity index (χ2n) is 2.54. The lowest BCUT2D eigenvalue weighted by atomic mass is 10.1. The zero-order valence-electron chi connectivity index (χ0n) is 6.97. The van der Waals surface area contributed by atoms with E-state index in [1.807, 2.05) is 6.92 Å². The van der Waals surface area contributed by atoms with E-state index >= 15 is 0 Å². The van der Waals surface area contributed by atoms with Gasteiger partial charge in [0.15, 0.2) is 0 Å². The van der Waals surface area contributed by atoms with Crippen LogP contribution < -0.4 is 0 Å². The average molecular weight is 233 g/mol. The maximum absolute atomic E-state index is 13.2. The third-order valence-corrected chi connectivity index (χ3v) is 2.25. The number of hydrogen-bond donors (Lipinski definition) is 0. The minimum Gasteiger partial charge on any atom is -0.377 e. The first-order valence-corrected chi connectivity index (χ1v) is 4.42. The predicted molar refractivity (Wildman–Crippen MR) is 49.5 cm³/mol. The Balaban J connectivity index is 3.01. The first-order valence-electron chi connectivity index (χ1n) is 3.63. The molecular formula is C9H10BrFO. The van der Waals surface area contributed by atoms with E-state index < -0.39 is 0 Å². The van der Waals surface area contributed by atoms with Crippen LogP contribution in [0.15, 0.2) is 22.7 Å². The fourth-order valence-electron chi connectivity index (χ4n) is 0.958. The van der Waals surface area contributed by atoms with E-state index in [2.05, 4.69) is 15.9 Å². The predicted octanol–water partition coefficient (Wildman–Crippen LogP) is 3.30. The highest BCUT2D eigenvalue weighted by atomic mass is 79.9. The van der Waals surface area contributed by atoms with E-state index in [1.165, 1.54) is 6.07 Å². The fourth-order valence-corrected chi connectivity index (χ4v) is 1.29. The van der Waals surface area contributed by atoms with Crippen molar-refractivity contribution >= 4 is 15.9 Å². The van der Waals surface area contributed by atoms with Gasteiger partial charge in [-0.25, -0.2) is 4.39 Å². The molecular weight excluding hydrogens is 223 g/mol. The van der Waals surface area contributed by atoms with Gasteiger partial charge in [-0.1, -0.05) is 22.0 Å². The molecule has 1 aromatic rings. The SMILES string of the molecule is COC(C)c1ccc(Br)cc1F. The van der Waals surface area contributed by atoms with Gasteiger partial charge in [0.2, 0.25) is 0 Å². The van der Waals surface area contributed by atoms with Crippen LogP contribution in [-0.4, -0.2) is 7.11 Å². The molecule has 0 amide bonds. The third kappa shape index (κ3) is 2.05. The van der Waals surface area contributed by atoms with E-state index in [1.54, 1.807) is 19.2 Å². The smallest absolute Gasteiger partial charge is 0.130 e. The summed E-state index contributed by atoms with van der Waals surface area (Å²) >= 11 is 3.19. The largest absolute Gasteiger partial charge is 0.377 e. The van der Waals surface area contributed by atoms with Crippen molar-refractivity contribution in [1.82, 2.24) is 0 Å². The molecule has 0 aromatic heterocycles. The number of rotatable bonds is 2. The number of ether oxygens (including phenoxy) is 1. The lowest BCUT2D eigenvalue weighted by molar-refractivity contribution is 0.116. The minimum absolute atomic E-state index is 0.196. The van der Waals surface area contributed by atoms with Crippen LogP contribution in [0.4, 0.5) is 4.39 Å². The van der Waals surface area contributed by atoms with Crippen molar-refractivity contribution in [1.29, 1.82) is 0 Å². The zero-order chi connectivity index (χ0) is 9.14. The molecule has 0 N–H and O–H groups in total. The normalized spacial score (nSPS) is 13.0. The van der Waals surface area contributed by atoms with Crippen molar-refractivity contribution < 1.29 is 9.13 Å². The van der Waals surface area contributed by atoms with Crippen molar-refractivity contribution in [3.63, 3.8) is 0 Å². The molecule has 0 radical (unpaired) electrons. The van der Waals surface area contributed by atoms with Gasteiger partial charge < -0.3 is 4.74 Å². The second kappa shape index (κ2) is 4.01. The summed E-state index contributed by atoms with van der Waals surface area (Å²) in [4.78, 5) is 0. The number of hydrogen-bond acceptors (Lipinski definition) is 1. The molecule has 1 atom stereocenters. The summed E-state index contributed by atoms with van der Waals surface area (Å²) in [5.41, 5.74) is 0.584. The maximum atomic E-state index is 13.2. The fraction of sp³-hybridized carbons (Fsp3) is 0.333. The maximum Gasteiger partial charge on any atom is 0.130 e. The van der Waals surface area contributed by atoms with Crippen LogP contribution in [0.25, 0.3) is 0 Å². The Labute approximate surface area is 79.7 Å². The quantitative estimate of drug-likeness (QED) is 0.761. The first-order chi connectivity index (χ1) is 5.65. The highest BCUT2D eigenvalue weighted by Crippen LogP contribution is 2.22.